The Bertz CT molecular complexity index is 573. The van der Waals surface area contributed by atoms with Crippen molar-refractivity contribution in [3.63, 3.8) is 0 Å². The van der Waals surface area contributed by atoms with E-state index in [2.05, 4.69) is 0 Å². The van der Waals surface area contributed by atoms with Crippen molar-refractivity contribution < 1.29 is 13.9 Å². The SMILES string of the molecule is Cc1ccc(C)c(CC(O)c2c(F)cccc2F)c1. The van der Waals surface area contributed by atoms with Crippen molar-refractivity contribution in [2.75, 3.05) is 0 Å². The predicted molar refractivity (Wildman–Crippen MR) is 70.9 cm³/mol. The largest absolute Gasteiger partial charge is 0.388 e. The molecule has 0 aliphatic carbocycles. The molecule has 100 valence electrons. The fraction of sp³-hybridized carbons (Fsp3) is 0.250. The molecule has 0 aromatic heterocycles. The minimum absolute atomic E-state index is 0.200. The second-order valence-electron chi connectivity index (χ2n) is 4.79. The van der Waals surface area contributed by atoms with Crippen molar-refractivity contribution in [3.8, 4) is 0 Å². The van der Waals surface area contributed by atoms with Gasteiger partial charge in [0.05, 0.1) is 11.7 Å². The van der Waals surface area contributed by atoms with Crippen LogP contribution in [0, 0.1) is 25.5 Å². The van der Waals surface area contributed by atoms with Gasteiger partial charge in [-0.3, -0.25) is 0 Å². The minimum atomic E-state index is -1.18. The number of benzene rings is 2. The van der Waals surface area contributed by atoms with Crippen molar-refractivity contribution in [1.29, 1.82) is 0 Å². The third-order valence-electron chi connectivity index (χ3n) is 3.25. The van der Waals surface area contributed by atoms with E-state index >= 15 is 0 Å². The van der Waals surface area contributed by atoms with Crippen molar-refractivity contribution in [2.45, 2.75) is 26.4 Å². The van der Waals surface area contributed by atoms with Crippen LogP contribution in [0.15, 0.2) is 36.4 Å². The third kappa shape index (κ3) is 2.99. The topological polar surface area (TPSA) is 20.2 Å². The van der Waals surface area contributed by atoms with Crippen molar-refractivity contribution >= 4 is 0 Å². The number of aryl methyl sites for hydroxylation is 2. The lowest BCUT2D eigenvalue weighted by Crippen LogP contribution is -2.08. The molecule has 1 unspecified atom stereocenters. The van der Waals surface area contributed by atoms with Crippen LogP contribution >= 0.6 is 0 Å². The van der Waals surface area contributed by atoms with E-state index in [1.54, 1.807) is 0 Å². The Kier molecular flexibility index (Phi) is 3.96. The fourth-order valence-electron chi connectivity index (χ4n) is 2.16. The van der Waals surface area contributed by atoms with Gasteiger partial charge in [0.15, 0.2) is 0 Å². The fourth-order valence-corrected chi connectivity index (χ4v) is 2.16. The Morgan fingerprint density at radius 3 is 2.32 bits per heavy atom. The van der Waals surface area contributed by atoms with Crippen LogP contribution in [0.25, 0.3) is 0 Å². The second kappa shape index (κ2) is 5.49. The molecule has 0 aliphatic heterocycles. The number of hydrogen-bond acceptors (Lipinski definition) is 1. The summed E-state index contributed by atoms with van der Waals surface area (Å²) in [6.45, 7) is 3.86. The van der Waals surface area contributed by atoms with Gasteiger partial charge in [0.2, 0.25) is 0 Å². The molecule has 0 aliphatic rings. The van der Waals surface area contributed by atoms with E-state index in [1.807, 2.05) is 32.0 Å². The number of halogens is 2. The van der Waals surface area contributed by atoms with E-state index in [0.29, 0.717) is 0 Å². The molecule has 0 amide bonds. The predicted octanol–water partition coefficient (Wildman–Crippen LogP) is 3.86. The monoisotopic (exact) mass is 262 g/mol. The molecular formula is C16H16F2O. The number of aliphatic hydroxyl groups is 1. The van der Waals surface area contributed by atoms with Crippen LogP contribution in [-0.4, -0.2) is 5.11 Å². The Hall–Kier alpha value is -1.74. The lowest BCUT2D eigenvalue weighted by atomic mass is 9.96. The van der Waals surface area contributed by atoms with E-state index in [4.69, 9.17) is 0 Å². The normalized spacial score (nSPS) is 12.5. The molecule has 1 nitrogen and oxygen atoms in total. The zero-order chi connectivity index (χ0) is 14.0. The van der Waals surface area contributed by atoms with Crippen molar-refractivity contribution in [1.82, 2.24) is 0 Å². The average molecular weight is 262 g/mol. The summed E-state index contributed by atoms with van der Waals surface area (Å²) in [7, 11) is 0. The summed E-state index contributed by atoms with van der Waals surface area (Å²) >= 11 is 0. The molecule has 2 aromatic rings. The summed E-state index contributed by atoms with van der Waals surface area (Å²) in [5, 5.41) is 10.1. The maximum Gasteiger partial charge on any atom is 0.131 e. The molecule has 1 atom stereocenters. The molecule has 2 rings (SSSR count). The highest BCUT2D eigenvalue weighted by molar-refractivity contribution is 5.32. The maximum absolute atomic E-state index is 13.6. The molecule has 1 N–H and O–H groups in total. The van der Waals surface area contributed by atoms with Gasteiger partial charge in [-0.05, 0) is 37.1 Å². The zero-order valence-corrected chi connectivity index (χ0v) is 11.0. The van der Waals surface area contributed by atoms with E-state index < -0.39 is 17.7 Å². The summed E-state index contributed by atoms with van der Waals surface area (Å²) in [4.78, 5) is 0. The Balaban J connectivity index is 2.31. The quantitative estimate of drug-likeness (QED) is 0.890. The van der Waals surface area contributed by atoms with E-state index in [-0.39, 0.29) is 12.0 Å². The summed E-state index contributed by atoms with van der Waals surface area (Å²) < 4.78 is 27.2. The highest BCUT2D eigenvalue weighted by Crippen LogP contribution is 2.25. The Morgan fingerprint density at radius 1 is 1.05 bits per heavy atom. The van der Waals surface area contributed by atoms with Crippen LogP contribution < -0.4 is 0 Å². The molecule has 0 saturated heterocycles. The van der Waals surface area contributed by atoms with Crippen molar-refractivity contribution in [2.24, 2.45) is 0 Å². The first kappa shape index (κ1) is 13.7. The smallest absolute Gasteiger partial charge is 0.131 e. The molecule has 0 radical (unpaired) electrons. The first-order chi connectivity index (χ1) is 8.99. The zero-order valence-electron chi connectivity index (χ0n) is 11.0. The second-order valence-corrected chi connectivity index (χ2v) is 4.79. The van der Waals surface area contributed by atoms with E-state index in [1.165, 1.54) is 6.07 Å². The summed E-state index contributed by atoms with van der Waals surface area (Å²) in [6.07, 6.45) is -0.979. The number of aliphatic hydroxyl groups excluding tert-OH is 1. The first-order valence-corrected chi connectivity index (χ1v) is 6.17. The third-order valence-corrected chi connectivity index (χ3v) is 3.25. The molecule has 0 bridgehead atoms. The van der Waals surface area contributed by atoms with Gasteiger partial charge in [0.1, 0.15) is 11.6 Å². The molecule has 3 heteroatoms. The van der Waals surface area contributed by atoms with Gasteiger partial charge in [-0.25, -0.2) is 8.78 Å². The van der Waals surface area contributed by atoms with Crippen LogP contribution in [-0.2, 0) is 6.42 Å². The van der Waals surface area contributed by atoms with Crippen LogP contribution in [0.1, 0.15) is 28.4 Å². The molecule has 0 heterocycles. The van der Waals surface area contributed by atoms with Crippen LogP contribution in [0.4, 0.5) is 8.78 Å². The highest BCUT2D eigenvalue weighted by Gasteiger charge is 2.18. The molecular weight excluding hydrogens is 246 g/mol. The molecule has 0 spiro atoms. The number of hydrogen-bond donors (Lipinski definition) is 1. The van der Waals surface area contributed by atoms with E-state index in [0.717, 1.165) is 28.8 Å². The summed E-state index contributed by atoms with van der Waals surface area (Å²) in [6, 6.07) is 9.44. The lowest BCUT2D eigenvalue weighted by Gasteiger charge is -2.15. The van der Waals surface area contributed by atoms with Gasteiger partial charge in [-0.15, -0.1) is 0 Å². The summed E-state index contributed by atoms with van der Waals surface area (Å²) in [5.41, 5.74) is 2.70. The van der Waals surface area contributed by atoms with E-state index in [9.17, 15) is 13.9 Å². The Labute approximate surface area is 111 Å². The molecule has 2 aromatic carbocycles. The van der Waals surface area contributed by atoms with Gasteiger partial charge in [0.25, 0.3) is 0 Å². The summed E-state index contributed by atoms with van der Waals surface area (Å²) in [5.74, 6) is -1.42. The average Bonchev–Trinajstić information content (AvgIpc) is 2.33. The van der Waals surface area contributed by atoms with Crippen LogP contribution in [0.2, 0.25) is 0 Å². The van der Waals surface area contributed by atoms with Crippen LogP contribution in [0.3, 0.4) is 0 Å². The maximum atomic E-state index is 13.6. The highest BCUT2D eigenvalue weighted by atomic mass is 19.1. The minimum Gasteiger partial charge on any atom is -0.388 e. The molecule has 19 heavy (non-hydrogen) atoms. The lowest BCUT2D eigenvalue weighted by molar-refractivity contribution is 0.168. The standard InChI is InChI=1S/C16H16F2O/c1-10-6-7-11(2)12(8-10)9-15(19)16-13(17)4-3-5-14(16)18/h3-8,15,19H,9H2,1-2H3. The van der Waals surface area contributed by atoms with Gasteiger partial charge >= 0.3 is 0 Å². The molecule has 0 fully saturated rings. The van der Waals surface area contributed by atoms with Gasteiger partial charge in [-0.1, -0.05) is 29.8 Å². The van der Waals surface area contributed by atoms with Crippen molar-refractivity contribution in [3.05, 3.63) is 70.3 Å². The van der Waals surface area contributed by atoms with Gasteiger partial charge in [0, 0.05) is 6.42 Å². The van der Waals surface area contributed by atoms with Gasteiger partial charge < -0.3 is 5.11 Å². The first-order valence-electron chi connectivity index (χ1n) is 6.17. The number of rotatable bonds is 3. The Morgan fingerprint density at radius 2 is 1.68 bits per heavy atom. The molecule has 0 saturated carbocycles. The van der Waals surface area contributed by atoms with Crippen LogP contribution in [0.5, 0.6) is 0 Å². The van der Waals surface area contributed by atoms with Gasteiger partial charge in [-0.2, -0.15) is 0 Å².